The van der Waals surface area contributed by atoms with Crippen LogP contribution in [0, 0.1) is 13.8 Å². The van der Waals surface area contributed by atoms with Gasteiger partial charge in [-0.3, -0.25) is 9.59 Å². The lowest BCUT2D eigenvalue weighted by Crippen LogP contribution is -2.22. The topological polar surface area (TPSA) is 63.6 Å². The van der Waals surface area contributed by atoms with Gasteiger partial charge in [0.1, 0.15) is 5.75 Å². The molecule has 0 aliphatic heterocycles. The molecule has 0 radical (unpaired) electrons. The third-order valence-electron chi connectivity index (χ3n) is 4.86. The second-order valence-corrected chi connectivity index (χ2v) is 8.08. The zero-order valence-corrected chi connectivity index (χ0v) is 19.2. The molecule has 7 heteroatoms. The quantitative estimate of drug-likeness (QED) is 0.582. The average Bonchev–Trinajstić information content (AvgIpc) is 3.02. The van der Waals surface area contributed by atoms with Crippen molar-refractivity contribution in [2.45, 2.75) is 13.8 Å². The zero-order chi connectivity index (χ0) is 22.0. The molecular formula is C23H24BrN3O3. The maximum Gasteiger partial charge on any atom is 0.257 e. The van der Waals surface area contributed by atoms with E-state index in [1.165, 1.54) is 12.0 Å². The van der Waals surface area contributed by atoms with E-state index in [9.17, 15) is 9.59 Å². The number of halogens is 1. The lowest BCUT2D eigenvalue weighted by molar-refractivity contribution is 0.0827. The monoisotopic (exact) mass is 469 g/mol. The molecule has 0 unspecified atom stereocenters. The number of benzene rings is 2. The van der Waals surface area contributed by atoms with E-state index in [1.54, 1.807) is 32.3 Å². The van der Waals surface area contributed by atoms with E-state index >= 15 is 0 Å². The molecule has 0 aliphatic rings. The molecule has 0 atom stereocenters. The number of carbonyl (C=O) groups is 2. The van der Waals surface area contributed by atoms with Gasteiger partial charge in [0.15, 0.2) is 0 Å². The van der Waals surface area contributed by atoms with Crippen molar-refractivity contribution in [1.82, 2.24) is 9.47 Å². The molecule has 0 saturated heterocycles. The van der Waals surface area contributed by atoms with E-state index in [1.807, 2.05) is 48.7 Å². The summed E-state index contributed by atoms with van der Waals surface area (Å²) in [5, 5.41) is 2.90. The molecule has 6 nitrogen and oxygen atoms in total. The molecule has 1 N–H and O–H groups in total. The number of hydrogen-bond donors (Lipinski definition) is 1. The van der Waals surface area contributed by atoms with E-state index in [0.29, 0.717) is 22.6 Å². The summed E-state index contributed by atoms with van der Waals surface area (Å²) < 4.78 is 8.39. The Kier molecular flexibility index (Phi) is 6.31. The Morgan fingerprint density at radius 2 is 1.70 bits per heavy atom. The van der Waals surface area contributed by atoms with Crippen molar-refractivity contribution in [2.24, 2.45) is 0 Å². The number of carbonyl (C=O) groups excluding carboxylic acids is 2. The van der Waals surface area contributed by atoms with Crippen LogP contribution in [0.4, 0.5) is 5.69 Å². The van der Waals surface area contributed by atoms with Gasteiger partial charge < -0.3 is 19.5 Å². The number of aryl methyl sites for hydroxylation is 1. The Bertz CT molecular complexity index is 1100. The first-order chi connectivity index (χ1) is 14.2. The molecule has 0 spiro atoms. The van der Waals surface area contributed by atoms with Crippen molar-refractivity contribution in [3.63, 3.8) is 0 Å². The molecule has 1 heterocycles. The van der Waals surface area contributed by atoms with Crippen molar-refractivity contribution in [1.29, 1.82) is 0 Å². The number of rotatable bonds is 5. The van der Waals surface area contributed by atoms with Gasteiger partial charge in [0.05, 0.1) is 18.4 Å². The van der Waals surface area contributed by atoms with E-state index in [2.05, 4.69) is 21.2 Å². The summed E-state index contributed by atoms with van der Waals surface area (Å²) in [6.45, 7) is 3.87. The van der Waals surface area contributed by atoms with E-state index in [0.717, 1.165) is 21.5 Å². The zero-order valence-electron chi connectivity index (χ0n) is 17.6. The summed E-state index contributed by atoms with van der Waals surface area (Å²) in [6, 6.07) is 14.8. The lowest BCUT2D eigenvalue weighted by atomic mass is 10.1. The molecular weight excluding hydrogens is 446 g/mol. The standard InChI is InChI=1S/C23H24BrN3O3/c1-14-12-19(15(2)27(14)18-9-7-17(24)8-10-18)22(28)25-20-13-16(23(29)26(3)4)6-11-21(20)30-5/h6-13H,1-5H3,(H,25,28). The summed E-state index contributed by atoms with van der Waals surface area (Å²) >= 11 is 3.45. The predicted octanol–water partition coefficient (Wildman–Crippen LogP) is 4.82. The van der Waals surface area contributed by atoms with Gasteiger partial charge in [-0.05, 0) is 62.4 Å². The van der Waals surface area contributed by atoms with Crippen LogP contribution in [-0.4, -0.2) is 42.5 Å². The fourth-order valence-electron chi connectivity index (χ4n) is 3.37. The molecule has 30 heavy (non-hydrogen) atoms. The van der Waals surface area contributed by atoms with Crippen LogP contribution in [0.3, 0.4) is 0 Å². The number of ether oxygens (including phenoxy) is 1. The Labute approximate surface area is 184 Å². The van der Waals surface area contributed by atoms with Gasteiger partial charge in [0, 0.05) is 41.2 Å². The van der Waals surface area contributed by atoms with Crippen LogP contribution in [0.1, 0.15) is 32.1 Å². The Morgan fingerprint density at radius 3 is 2.30 bits per heavy atom. The first kappa shape index (κ1) is 21.6. The molecule has 0 saturated carbocycles. The fraction of sp³-hybridized carbons (Fsp3) is 0.217. The number of aromatic nitrogens is 1. The molecule has 3 aromatic rings. The number of hydrogen-bond acceptors (Lipinski definition) is 3. The minimum Gasteiger partial charge on any atom is -0.495 e. The van der Waals surface area contributed by atoms with Crippen LogP contribution in [0.2, 0.25) is 0 Å². The maximum atomic E-state index is 13.1. The summed E-state index contributed by atoms with van der Waals surface area (Å²) in [5.74, 6) is 0.0705. The average molecular weight is 470 g/mol. The van der Waals surface area contributed by atoms with Gasteiger partial charge >= 0.3 is 0 Å². The van der Waals surface area contributed by atoms with Gasteiger partial charge in [0.2, 0.25) is 0 Å². The molecule has 1 aromatic heterocycles. The molecule has 0 bridgehead atoms. The molecule has 3 rings (SSSR count). The SMILES string of the molecule is COc1ccc(C(=O)N(C)C)cc1NC(=O)c1cc(C)n(-c2ccc(Br)cc2)c1C. The van der Waals surface area contributed by atoms with Crippen molar-refractivity contribution >= 4 is 33.4 Å². The normalized spacial score (nSPS) is 10.6. The number of nitrogens with one attached hydrogen (secondary N) is 1. The van der Waals surface area contributed by atoms with Crippen LogP contribution < -0.4 is 10.1 Å². The summed E-state index contributed by atoms with van der Waals surface area (Å²) in [7, 11) is 4.89. The number of anilines is 1. The Morgan fingerprint density at radius 1 is 1.03 bits per heavy atom. The van der Waals surface area contributed by atoms with E-state index in [-0.39, 0.29) is 11.8 Å². The minimum absolute atomic E-state index is 0.151. The molecule has 0 aliphatic carbocycles. The molecule has 2 aromatic carbocycles. The van der Waals surface area contributed by atoms with Gasteiger partial charge in [-0.25, -0.2) is 0 Å². The Balaban J connectivity index is 1.95. The number of methoxy groups -OCH3 is 1. The summed E-state index contributed by atoms with van der Waals surface area (Å²) in [6.07, 6.45) is 0. The highest BCUT2D eigenvalue weighted by molar-refractivity contribution is 9.10. The third kappa shape index (κ3) is 4.26. The first-order valence-corrected chi connectivity index (χ1v) is 10.2. The van der Waals surface area contributed by atoms with Crippen LogP contribution >= 0.6 is 15.9 Å². The molecule has 2 amide bonds. The van der Waals surface area contributed by atoms with Gasteiger partial charge in [-0.15, -0.1) is 0 Å². The third-order valence-corrected chi connectivity index (χ3v) is 5.39. The number of amides is 2. The summed E-state index contributed by atoms with van der Waals surface area (Å²) in [4.78, 5) is 26.9. The van der Waals surface area contributed by atoms with Crippen LogP contribution in [0.15, 0.2) is 53.0 Å². The van der Waals surface area contributed by atoms with Crippen molar-refractivity contribution < 1.29 is 14.3 Å². The molecule has 156 valence electrons. The van der Waals surface area contributed by atoms with Crippen LogP contribution in [0.5, 0.6) is 5.75 Å². The highest BCUT2D eigenvalue weighted by Crippen LogP contribution is 2.28. The highest BCUT2D eigenvalue weighted by atomic mass is 79.9. The van der Waals surface area contributed by atoms with Crippen molar-refractivity contribution in [2.75, 3.05) is 26.5 Å². The van der Waals surface area contributed by atoms with Gasteiger partial charge in [-0.2, -0.15) is 0 Å². The summed E-state index contributed by atoms with van der Waals surface area (Å²) in [5.41, 5.74) is 4.22. The Hall–Kier alpha value is -3.06. The largest absolute Gasteiger partial charge is 0.495 e. The van der Waals surface area contributed by atoms with Crippen molar-refractivity contribution in [3.8, 4) is 11.4 Å². The highest BCUT2D eigenvalue weighted by Gasteiger charge is 2.19. The minimum atomic E-state index is -0.265. The van der Waals surface area contributed by atoms with E-state index in [4.69, 9.17) is 4.74 Å². The second-order valence-electron chi connectivity index (χ2n) is 7.17. The van der Waals surface area contributed by atoms with Gasteiger partial charge in [0.25, 0.3) is 11.8 Å². The van der Waals surface area contributed by atoms with Crippen LogP contribution in [0.25, 0.3) is 5.69 Å². The predicted molar refractivity (Wildman–Crippen MR) is 122 cm³/mol. The van der Waals surface area contributed by atoms with E-state index < -0.39 is 0 Å². The maximum absolute atomic E-state index is 13.1. The number of nitrogens with zero attached hydrogens (tertiary/aromatic N) is 2. The van der Waals surface area contributed by atoms with Crippen LogP contribution in [-0.2, 0) is 0 Å². The lowest BCUT2D eigenvalue weighted by Gasteiger charge is -2.15. The first-order valence-electron chi connectivity index (χ1n) is 9.39. The molecule has 0 fully saturated rings. The second kappa shape index (κ2) is 8.75. The fourth-order valence-corrected chi connectivity index (χ4v) is 3.63. The smallest absolute Gasteiger partial charge is 0.257 e. The van der Waals surface area contributed by atoms with Gasteiger partial charge in [-0.1, -0.05) is 15.9 Å². The van der Waals surface area contributed by atoms with Crippen molar-refractivity contribution in [3.05, 3.63) is 75.5 Å².